The van der Waals surface area contributed by atoms with Gasteiger partial charge in [-0.1, -0.05) is 0 Å². The molecule has 0 saturated carbocycles. The summed E-state index contributed by atoms with van der Waals surface area (Å²) in [5, 5.41) is 22.8. The maximum Gasteiger partial charge on any atom is 0.334 e. The van der Waals surface area contributed by atoms with Crippen LogP contribution in [0.4, 0.5) is 9.93 Å². The van der Waals surface area contributed by atoms with Gasteiger partial charge in [-0.05, 0) is 25.7 Å². The van der Waals surface area contributed by atoms with Gasteiger partial charge >= 0.3 is 12.0 Å². The highest BCUT2D eigenvalue weighted by atomic mass is 32.1. The lowest BCUT2D eigenvalue weighted by Gasteiger charge is -2.07. The Morgan fingerprint density at radius 3 is 2.79 bits per heavy atom. The third-order valence-electron chi connectivity index (χ3n) is 2.81. The Labute approximate surface area is 113 Å². The molecular formula is C11H15N3O4S. The second-order valence-electron chi connectivity index (χ2n) is 4.29. The van der Waals surface area contributed by atoms with E-state index in [1.54, 1.807) is 0 Å². The zero-order valence-electron chi connectivity index (χ0n) is 10.2. The van der Waals surface area contributed by atoms with Crippen molar-refractivity contribution >= 4 is 28.5 Å². The molecule has 0 radical (unpaired) electrons. The number of aliphatic carboxylic acids is 1. The van der Waals surface area contributed by atoms with Crippen LogP contribution in [0, 0.1) is 0 Å². The van der Waals surface area contributed by atoms with Gasteiger partial charge in [0.1, 0.15) is 0 Å². The van der Waals surface area contributed by atoms with Gasteiger partial charge in [0.25, 0.3) is 0 Å². The van der Waals surface area contributed by atoms with Gasteiger partial charge in [-0.15, -0.1) is 11.3 Å². The maximum atomic E-state index is 11.5. The summed E-state index contributed by atoms with van der Waals surface area (Å²) >= 11 is 1.44. The molecule has 2 amide bonds. The van der Waals surface area contributed by atoms with Gasteiger partial charge < -0.3 is 15.5 Å². The molecule has 1 aliphatic carbocycles. The molecule has 1 atom stereocenters. The predicted molar refractivity (Wildman–Crippen MR) is 69.4 cm³/mol. The van der Waals surface area contributed by atoms with Crippen molar-refractivity contribution in [2.45, 2.75) is 31.8 Å². The van der Waals surface area contributed by atoms with Crippen molar-refractivity contribution in [2.75, 3.05) is 11.9 Å². The quantitative estimate of drug-likeness (QED) is 0.647. The van der Waals surface area contributed by atoms with Crippen LogP contribution < -0.4 is 10.6 Å². The van der Waals surface area contributed by atoms with E-state index in [0.717, 1.165) is 31.4 Å². The Bertz CT molecular complexity index is 465. The van der Waals surface area contributed by atoms with Gasteiger partial charge in [0.05, 0.1) is 12.2 Å². The second-order valence-corrected chi connectivity index (χ2v) is 5.37. The SMILES string of the molecule is O=C(NCC(O)C(=O)O)Nc1nc2c(s1)CCCC2. The maximum absolute atomic E-state index is 11.5. The highest BCUT2D eigenvalue weighted by molar-refractivity contribution is 7.15. The molecule has 0 bridgehead atoms. The first-order valence-electron chi connectivity index (χ1n) is 6.00. The number of aliphatic hydroxyl groups excluding tert-OH is 1. The van der Waals surface area contributed by atoms with Crippen LogP contribution in [0.5, 0.6) is 0 Å². The van der Waals surface area contributed by atoms with E-state index in [2.05, 4.69) is 15.6 Å². The van der Waals surface area contributed by atoms with E-state index < -0.39 is 18.1 Å². The van der Waals surface area contributed by atoms with Crippen LogP contribution in [0.1, 0.15) is 23.4 Å². The summed E-state index contributed by atoms with van der Waals surface area (Å²) in [5.74, 6) is -1.37. The highest BCUT2D eigenvalue weighted by Gasteiger charge is 2.17. The monoisotopic (exact) mass is 285 g/mol. The molecule has 1 aliphatic rings. The summed E-state index contributed by atoms with van der Waals surface area (Å²) in [6, 6.07) is -0.564. The van der Waals surface area contributed by atoms with Crippen molar-refractivity contribution < 1.29 is 19.8 Å². The number of thiazole rings is 1. The first-order chi connectivity index (χ1) is 9.06. The van der Waals surface area contributed by atoms with Crippen molar-refractivity contribution in [1.82, 2.24) is 10.3 Å². The third kappa shape index (κ3) is 3.65. The van der Waals surface area contributed by atoms with Crippen LogP contribution in [-0.2, 0) is 17.6 Å². The molecule has 8 heteroatoms. The number of nitrogens with one attached hydrogen (secondary N) is 2. The van der Waals surface area contributed by atoms with E-state index in [4.69, 9.17) is 10.2 Å². The number of aryl methyl sites for hydroxylation is 2. The summed E-state index contributed by atoms with van der Waals surface area (Å²) in [7, 11) is 0. The van der Waals surface area contributed by atoms with Gasteiger partial charge in [-0.3, -0.25) is 5.32 Å². The summed E-state index contributed by atoms with van der Waals surface area (Å²) in [4.78, 5) is 27.4. The first kappa shape index (κ1) is 13.8. The molecule has 1 unspecified atom stereocenters. The zero-order valence-corrected chi connectivity index (χ0v) is 11.0. The highest BCUT2D eigenvalue weighted by Crippen LogP contribution is 2.29. The number of carbonyl (C=O) groups is 2. The Morgan fingerprint density at radius 1 is 1.37 bits per heavy atom. The smallest absolute Gasteiger partial charge is 0.334 e. The van der Waals surface area contributed by atoms with Crippen LogP contribution in [0.3, 0.4) is 0 Å². The number of carboxylic acid groups (broad SMARTS) is 1. The van der Waals surface area contributed by atoms with Crippen molar-refractivity contribution in [3.8, 4) is 0 Å². The van der Waals surface area contributed by atoms with E-state index in [0.29, 0.717) is 5.13 Å². The van der Waals surface area contributed by atoms with Gasteiger partial charge in [0.15, 0.2) is 11.2 Å². The standard InChI is InChI=1S/C11H15N3O4S/c15-7(9(16)17)5-12-10(18)14-11-13-6-3-1-2-4-8(6)19-11/h7,15H,1-5H2,(H,16,17)(H2,12,13,14,18). The Kier molecular flexibility index (Phi) is 4.33. The van der Waals surface area contributed by atoms with Crippen LogP contribution in [0.25, 0.3) is 0 Å². The molecule has 19 heavy (non-hydrogen) atoms. The molecule has 0 fully saturated rings. The van der Waals surface area contributed by atoms with Gasteiger partial charge in [-0.25, -0.2) is 14.6 Å². The van der Waals surface area contributed by atoms with E-state index in [1.165, 1.54) is 16.2 Å². The van der Waals surface area contributed by atoms with Gasteiger partial charge in [0.2, 0.25) is 0 Å². The third-order valence-corrected chi connectivity index (χ3v) is 3.88. The Morgan fingerprint density at radius 2 is 2.11 bits per heavy atom. The number of urea groups is 1. The molecule has 1 aromatic rings. The zero-order chi connectivity index (χ0) is 13.8. The lowest BCUT2D eigenvalue weighted by Crippen LogP contribution is -2.38. The number of rotatable bonds is 4. The van der Waals surface area contributed by atoms with E-state index in [9.17, 15) is 9.59 Å². The molecule has 1 heterocycles. The van der Waals surface area contributed by atoms with Gasteiger partial charge in [-0.2, -0.15) is 0 Å². The van der Waals surface area contributed by atoms with Gasteiger partial charge in [0, 0.05) is 4.88 Å². The minimum atomic E-state index is -1.60. The van der Waals surface area contributed by atoms with Crippen LogP contribution in [-0.4, -0.2) is 39.8 Å². The van der Waals surface area contributed by atoms with Crippen LogP contribution >= 0.6 is 11.3 Å². The molecule has 7 nitrogen and oxygen atoms in total. The number of aromatic nitrogens is 1. The van der Waals surface area contributed by atoms with Crippen LogP contribution in [0.15, 0.2) is 0 Å². The minimum absolute atomic E-state index is 0.341. The molecule has 104 valence electrons. The minimum Gasteiger partial charge on any atom is -0.479 e. The summed E-state index contributed by atoms with van der Waals surface area (Å²) in [5.41, 5.74) is 1.04. The Hall–Kier alpha value is -1.67. The first-order valence-corrected chi connectivity index (χ1v) is 6.82. The molecule has 0 aromatic carbocycles. The summed E-state index contributed by atoms with van der Waals surface area (Å²) in [6.45, 7) is -0.341. The second kappa shape index (κ2) is 5.98. The number of hydrogen-bond donors (Lipinski definition) is 4. The summed E-state index contributed by atoms with van der Waals surface area (Å²) in [6.07, 6.45) is 2.59. The topological polar surface area (TPSA) is 112 Å². The van der Waals surface area contributed by atoms with Crippen molar-refractivity contribution in [3.05, 3.63) is 10.6 Å². The molecule has 1 aromatic heterocycles. The number of carbonyl (C=O) groups excluding carboxylic acids is 1. The lowest BCUT2D eigenvalue weighted by molar-refractivity contribution is -0.146. The fourth-order valence-electron chi connectivity index (χ4n) is 1.82. The molecule has 0 saturated heterocycles. The number of hydrogen-bond acceptors (Lipinski definition) is 5. The van der Waals surface area contributed by atoms with E-state index in [-0.39, 0.29) is 6.54 Å². The molecule has 0 spiro atoms. The normalized spacial score (nSPS) is 15.4. The molecule has 0 aliphatic heterocycles. The molecular weight excluding hydrogens is 270 g/mol. The number of amides is 2. The fraction of sp³-hybridized carbons (Fsp3) is 0.545. The fourth-order valence-corrected chi connectivity index (χ4v) is 2.87. The number of carboxylic acids is 1. The Balaban J connectivity index is 1.85. The predicted octanol–water partition coefficient (Wildman–Crippen LogP) is 0.589. The van der Waals surface area contributed by atoms with E-state index >= 15 is 0 Å². The molecule has 4 N–H and O–H groups in total. The number of anilines is 1. The van der Waals surface area contributed by atoms with Crippen molar-refractivity contribution in [1.29, 1.82) is 0 Å². The largest absolute Gasteiger partial charge is 0.479 e. The average Bonchev–Trinajstić information content (AvgIpc) is 2.77. The number of aliphatic hydroxyl groups is 1. The van der Waals surface area contributed by atoms with Crippen molar-refractivity contribution in [3.63, 3.8) is 0 Å². The molecule has 2 rings (SSSR count). The summed E-state index contributed by atoms with van der Waals surface area (Å²) < 4.78 is 0. The van der Waals surface area contributed by atoms with Crippen molar-refractivity contribution in [2.24, 2.45) is 0 Å². The number of fused-ring (bicyclic) bond motifs is 1. The average molecular weight is 285 g/mol. The lowest BCUT2D eigenvalue weighted by atomic mass is 10.0. The van der Waals surface area contributed by atoms with E-state index in [1.807, 2.05) is 0 Å². The van der Waals surface area contributed by atoms with Crippen LogP contribution in [0.2, 0.25) is 0 Å². The number of nitrogens with zero attached hydrogens (tertiary/aromatic N) is 1.